The van der Waals surface area contributed by atoms with Crippen LogP contribution in [0.5, 0.6) is 0 Å². The van der Waals surface area contributed by atoms with Gasteiger partial charge in [0, 0.05) is 37.7 Å². The minimum Gasteiger partial charge on any atom is -0.357 e. The second-order valence-corrected chi connectivity index (χ2v) is 11.4. The van der Waals surface area contributed by atoms with E-state index in [1.165, 1.54) is 16.7 Å². The van der Waals surface area contributed by atoms with Crippen LogP contribution in [-0.4, -0.2) is 4.98 Å². The Morgan fingerprint density at radius 3 is 2.22 bits per heavy atom. The SMILES string of the molecule is CC(C)c1c(Br)ccc2c1-c1[nH]c3c(c(=O)c1C2(C)C)C(C)(C)CC3(C)C. The molecule has 2 aliphatic rings. The highest BCUT2D eigenvalue weighted by molar-refractivity contribution is 9.10. The summed E-state index contributed by atoms with van der Waals surface area (Å²) >= 11 is 3.77. The molecule has 0 bridgehead atoms. The Hall–Kier alpha value is -1.35. The molecule has 1 N–H and O–H groups in total. The number of pyridine rings is 1. The van der Waals surface area contributed by atoms with Gasteiger partial charge in [0.15, 0.2) is 5.43 Å². The minimum absolute atomic E-state index is 0.0239. The Kier molecular flexibility index (Phi) is 3.78. The van der Waals surface area contributed by atoms with Crippen molar-refractivity contribution in [3.8, 4) is 11.3 Å². The minimum atomic E-state index is -0.291. The molecule has 1 aromatic carbocycles. The predicted molar refractivity (Wildman–Crippen MR) is 117 cm³/mol. The Balaban J connectivity index is 2.19. The first-order chi connectivity index (χ1) is 12.3. The van der Waals surface area contributed by atoms with E-state index in [0.717, 1.165) is 33.4 Å². The standard InChI is InChI=1S/C24H30BrNO/c1-12(2)15-14(25)10-9-13-16(15)19-17(24(13,7)8)20(27)18-21(26-19)23(5,6)11-22(18,3)4/h9-10,12H,11H2,1-8H3,(H,26,27). The van der Waals surface area contributed by atoms with E-state index in [4.69, 9.17) is 0 Å². The van der Waals surface area contributed by atoms with Crippen molar-refractivity contribution in [1.82, 2.24) is 4.98 Å². The van der Waals surface area contributed by atoms with Crippen LogP contribution in [0, 0.1) is 0 Å². The number of rotatable bonds is 1. The van der Waals surface area contributed by atoms with Crippen LogP contribution in [0.3, 0.4) is 0 Å². The summed E-state index contributed by atoms with van der Waals surface area (Å²) in [6.45, 7) is 17.8. The van der Waals surface area contributed by atoms with Gasteiger partial charge in [-0.2, -0.15) is 0 Å². The topological polar surface area (TPSA) is 32.9 Å². The van der Waals surface area contributed by atoms with Crippen LogP contribution in [0.2, 0.25) is 0 Å². The Labute approximate surface area is 170 Å². The summed E-state index contributed by atoms with van der Waals surface area (Å²) in [6.07, 6.45) is 0.993. The lowest BCUT2D eigenvalue weighted by Gasteiger charge is -2.24. The third-order valence-electron chi connectivity index (χ3n) is 6.76. The van der Waals surface area contributed by atoms with Crippen LogP contribution in [-0.2, 0) is 16.2 Å². The van der Waals surface area contributed by atoms with Gasteiger partial charge in [0.05, 0.1) is 5.69 Å². The van der Waals surface area contributed by atoms with Crippen LogP contribution in [0.25, 0.3) is 11.3 Å². The smallest absolute Gasteiger partial charge is 0.190 e. The Morgan fingerprint density at radius 1 is 1.00 bits per heavy atom. The Bertz CT molecular complexity index is 1040. The lowest BCUT2D eigenvalue weighted by molar-refractivity contribution is 0.399. The number of hydrogen-bond donors (Lipinski definition) is 1. The van der Waals surface area contributed by atoms with Crippen molar-refractivity contribution in [2.75, 3.05) is 0 Å². The largest absolute Gasteiger partial charge is 0.357 e. The van der Waals surface area contributed by atoms with Crippen molar-refractivity contribution in [2.24, 2.45) is 0 Å². The van der Waals surface area contributed by atoms with Gasteiger partial charge in [0.2, 0.25) is 0 Å². The summed E-state index contributed by atoms with van der Waals surface area (Å²) in [7, 11) is 0. The van der Waals surface area contributed by atoms with Gasteiger partial charge in [-0.3, -0.25) is 4.79 Å². The van der Waals surface area contributed by atoms with E-state index >= 15 is 0 Å². The maximum absolute atomic E-state index is 13.9. The summed E-state index contributed by atoms with van der Waals surface area (Å²) in [5.41, 5.74) is 7.75. The second-order valence-electron chi connectivity index (χ2n) is 10.6. The van der Waals surface area contributed by atoms with Crippen LogP contribution < -0.4 is 5.43 Å². The van der Waals surface area contributed by atoms with Crippen LogP contribution in [0.15, 0.2) is 21.4 Å². The zero-order valence-corrected chi connectivity index (χ0v) is 19.3. The Morgan fingerprint density at radius 2 is 1.63 bits per heavy atom. The molecule has 0 saturated heterocycles. The number of hydrogen-bond acceptors (Lipinski definition) is 1. The maximum Gasteiger partial charge on any atom is 0.190 e. The first-order valence-corrected chi connectivity index (χ1v) is 10.7. The molecule has 0 spiro atoms. The molecule has 2 nitrogen and oxygen atoms in total. The van der Waals surface area contributed by atoms with E-state index < -0.39 is 0 Å². The predicted octanol–water partition coefficient (Wildman–Crippen LogP) is 6.53. The third kappa shape index (κ3) is 2.33. The molecule has 2 aliphatic carbocycles. The van der Waals surface area contributed by atoms with Crippen LogP contribution in [0.1, 0.15) is 95.7 Å². The molecule has 4 rings (SSSR count). The molecule has 27 heavy (non-hydrogen) atoms. The molecule has 1 heterocycles. The van der Waals surface area contributed by atoms with Gasteiger partial charge in [-0.25, -0.2) is 0 Å². The normalized spacial score (nSPS) is 20.5. The molecule has 2 aromatic rings. The van der Waals surface area contributed by atoms with E-state index in [2.05, 4.69) is 88.4 Å². The zero-order chi connectivity index (χ0) is 20.1. The van der Waals surface area contributed by atoms with Crippen molar-refractivity contribution in [2.45, 2.75) is 84.0 Å². The molecule has 0 radical (unpaired) electrons. The number of aromatic amines is 1. The molecule has 1 aromatic heterocycles. The monoisotopic (exact) mass is 427 g/mol. The first kappa shape index (κ1) is 19.0. The fourth-order valence-electron chi connectivity index (χ4n) is 5.90. The van der Waals surface area contributed by atoms with Gasteiger partial charge in [0.25, 0.3) is 0 Å². The molecule has 0 unspecified atom stereocenters. The summed E-state index contributed by atoms with van der Waals surface area (Å²) in [5, 5.41) is 0. The highest BCUT2D eigenvalue weighted by atomic mass is 79.9. The molecule has 0 saturated carbocycles. The van der Waals surface area contributed by atoms with Gasteiger partial charge in [0.1, 0.15) is 0 Å². The number of H-pyrrole nitrogens is 1. The summed E-state index contributed by atoms with van der Waals surface area (Å²) in [6, 6.07) is 4.34. The summed E-state index contributed by atoms with van der Waals surface area (Å²) < 4.78 is 1.13. The summed E-state index contributed by atoms with van der Waals surface area (Å²) in [5.74, 6) is 0.372. The van der Waals surface area contributed by atoms with E-state index in [1.807, 2.05) is 0 Å². The van der Waals surface area contributed by atoms with Gasteiger partial charge in [-0.05, 0) is 34.9 Å². The van der Waals surface area contributed by atoms with Gasteiger partial charge in [-0.15, -0.1) is 0 Å². The lowest BCUT2D eigenvalue weighted by atomic mass is 9.79. The number of halogens is 1. The molecule has 0 atom stereocenters. The molecule has 0 aliphatic heterocycles. The van der Waals surface area contributed by atoms with Crippen LogP contribution in [0.4, 0.5) is 0 Å². The van der Waals surface area contributed by atoms with E-state index in [0.29, 0.717) is 5.92 Å². The van der Waals surface area contributed by atoms with Crippen molar-refractivity contribution in [3.05, 3.63) is 54.8 Å². The number of benzene rings is 1. The van der Waals surface area contributed by atoms with E-state index in [9.17, 15) is 4.79 Å². The second kappa shape index (κ2) is 5.37. The van der Waals surface area contributed by atoms with Gasteiger partial charge >= 0.3 is 0 Å². The van der Waals surface area contributed by atoms with Crippen molar-refractivity contribution < 1.29 is 0 Å². The maximum atomic E-state index is 13.9. The molecule has 0 fully saturated rings. The van der Waals surface area contributed by atoms with Crippen molar-refractivity contribution in [1.29, 1.82) is 0 Å². The zero-order valence-electron chi connectivity index (χ0n) is 17.7. The highest BCUT2D eigenvalue weighted by Gasteiger charge is 2.49. The van der Waals surface area contributed by atoms with Gasteiger partial charge in [-0.1, -0.05) is 77.4 Å². The lowest BCUT2D eigenvalue weighted by Crippen LogP contribution is -2.31. The number of aromatic nitrogens is 1. The first-order valence-electron chi connectivity index (χ1n) is 9.95. The van der Waals surface area contributed by atoms with E-state index in [-0.39, 0.29) is 21.7 Å². The molecule has 144 valence electrons. The molecule has 0 amide bonds. The number of nitrogens with one attached hydrogen (secondary N) is 1. The summed E-state index contributed by atoms with van der Waals surface area (Å²) in [4.78, 5) is 17.7. The molecular weight excluding hydrogens is 398 g/mol. The quantitative estimate of drug-likeness (QED) is 0.551. The fraction of sp³-hybridized carbons (Fsp3) is 0.542. The van der Waals surface area contributed by atoms with E-state index in [1.54, 1.807) is 0 Å². The average Bonchev–Trinajstić information content (AvgIpc) is 2.84. The fourth-order valence-corrected chi connectivity index (χ4v) is 6.69. The van der Waals surface area contributed by atoms with Crippen molar-refractivity contribution in [3.63, 3.8) is 0 Å². The van der Waals surface area contributed by atoms with Crippen molar-refractivity contribution >= 4 is 15.9 Å². The number of fused-ring (bicyclic) bond motifs is 4. The average molecular weight is 428 g/mol. The van der Waals surface area contributed by atoms with Crippen LogP contribution >= 0.6 is 15.9 Å². The highest BCUT2D eigenvalue weighted by Crippen LogP contribution is 2.54. The molecular formula is C24H30BrNO. The third-order valence-corrected chi connectivity index (χ3v) is 7.45. The molecule has 3 heteroatoms. The van der Waals surface area contributed by atoms with Gasteiger partial charge < -0.3 is 4.98 Å².